The van der Waals surface area contributed by atoms with Gasteiger partial charge in [0.2, 0.25) is 5.79 Å². The second kappa shape index (κ2) is 16.9. The summed E-state index contributed by atoms with van der Waals surface area (Å²) in [5, 5.41) is 119. The van der Waals surface area contributed by atoms with E-state index in [9.17, 15) is 61.0 Å². The highest BCUT2D eigenvalue weighted by molar-refractivity contribution is 6.04. The van der Waals surface area contributed by atoms with Gasteiger partial charge in [0.1, 0.15) is 67.1 Å². The fourth-order valence-electron chi connectivity index (χ4n) is 12.2. The first-order chi connectivity index (χ1) is 29.4. The number of aliphatic hydroxyl groups excluding tert-OH is 11. The molecule has 1 saturated carbocycles. The molecule has 62 heavy (non-hydrogen) atoms. The lowest BCUT2D eigenvalue weighted by atomic mass is 9.51. The van der Waals surface area contributed by atoms with E-state index in [0.29, 0.717) is 31.3 Å². The Morgan fingerprint density at radius 2 is 1.48 bits per heavy atom. The van der Waals surface area contributed by atoms with Crippen LogP contribution in [0.1, 0.15) is 52.9 Å². The monoisotopic (exact) mass is 886 g/mol. The third-order valence-electron chi connectivity index (χ3n) is 15.8. The summed E-state index contributed by atoms with van der Waals surface area (Å²) in [4.78, 5) is 14.6. The van der Waals surface area contributed by atoms with E-state index in [0.717, 1.165) is 11.1 Å². The molecule has 350 valence electrons. The fourth-order valence-corrected chi connectivity index (χ4v) is 12.2. The van der Waals surface area contributed by atoms with Gasteiger partial charge < -0.3 is 94.1 Å². The third-order valence-corrected chi connectivity index (χ3v) is 15.8. The molecule has 9 rings (SSSR count). The number of carbonyl (C=O) groups excluding carboxylic acids is 1. The Hall–Kier alpha value is -1.61. The molecule has 20 nitrogen and oxygen atoms in total. The molecule has 0 aromatic heterocycles. The number of hydrogen-bond acceptors (Lipinski definition) is 20. The van der Waals surface area contributed by atoms with Gasteiger partial charge in [0.15, 0.2) is 24.7 Å². The Balaban J connectivity index is 1.02. The summed E-state index contributed by atoms with van der Waals surface area (Å²) >= 11 is 0. The zero-order chi connectivity index (χ0) is 44.3. The van der Waals surface area contributed by atoms with Crippen LogP contribution in [0.2, 0.25) is 0 Å². The molecule has 1 spiro atoms. The molecule has 9 aliphatic rings. The van der Waals surface area contributed by atoms with Crippen LogP contribution in [0, 0.1) is 35.0 Å². The van der Waals surface area contributed by atoms with Crippen molar-refractivity contribution in [3.63, 3.8) is 0 Å². The molecule has 5 saturated heterocycles. The minimum Gasteiger partial charge on any atom is -0.396 e. The second-order valence-corrected chi connectivity index (χ2v) is 19.2. The van der Waals surface area contributed by atoms with E-state index in [1.165, 1.54) is 6.92 Å². The predicted octanol–water partition coefficient (Wildman–Crippen LogP) is -3.77. The van der Waals surface area contributed by atoms with Crippen LogP contribution in [0.15, 0.2) is 22.8 Å². The molecule has 0 aromatic rings. The maximum absolute atomic E-state index is 14.6. The number of allylic oxidation sites excluding steroid dienone is 1. The molecule has 11 N–H and O–H groups in total. The molecule has 0 radical (unpaired) electrons. The van der Waals surface area contributed by atoms with Crippen molar-refractivity contribution in [3.8, 4) is 0 Å². The van der Waals surface area contributed by atoms with Crippen LogP contribution in [0.3, 0.4) is 0 Å². The number of rotatable bonds is 7. The van der Waals surface area contributed by atoms with Gasteiger partial charge in [-0.15, -0.1) is 0 Å². The third kappa shape index (κ3) is 7.03. The standard InChI is InChI=1S/C42H62O20/c1-14-11-57-42(37(54)27(14)47)21(10-43)26-19-6-7-20-18(25(19)30(50)35(26)62-42)5-4-16-8-17(44)9-24(41(16,20)3)59-40-36(61-39-33(53)31(51)28(48)15(2)58-39)34(23(46)13-56-40)60-38-32(52)29(49)22(45)12-55-38/h4,14-15,17-18,20-24,26-29,31-40,43-49,51-54H,5-13H2,1-3H3/t14-,15-,17+,18+,20-,21-,22+,23-,24+,26-,27+,28-,29-,31+,32+,33+,34-,35+,36+,37-,38-,39-,40-,41-,42-/m0/s1. The summed E-state index contributed by atoms with van der Waals surface area (Å²) in [6, 6.07) is 0. The van der Waals surface area contributed by atoms with Crippen molar-refractivity contribution in [2.75, 3.05) is 26.4 Å². The number of ether oxygens (including phenoxy) is 8. The van der Waals surface area contributed by atoms with Gasteiger partial charge in [0.05, 0.1) is 50.8 Å². The molecule has 25 atom stereocenters. The first kappa shape index (κ1) is 45.5. The Morgan fingerprint density at radius 1 is 0.790 bits per heavy atom. The molecule has 5 heterocycles. The van der Waals surface area contributed by atoms with E-state index in [-0.39, 0.29) is 30.6 Å². The van der Waals surface area contributed by atoms with Gasteiger partial charge in [-0.2, -0.15) is 0 Å². The Kier molecular flexibility index (Phi) is 12.4. The summed E-state index contributed by atoms with van der Waals surface area (Å²) < 4.78 is 49.0. The van der Waals surface area contributed by atoms with E-state index < -0.39 is 159 Å². The number of carbonyl (C=O) groups is 1. The highest BCUT2D eigenvalue weighted by atomic mass is 16.8. The highest BCUT2D eigenvalue weighted by Crippen LogP contribution is 2.64. The van der Waals surface area contributed by atoms with Crippen LogP contribution >= 0.6 is 0 Å². The maximum atomic E-state index is 14.6. The number of fused-ring (bicyclic) bond motifs is 6. The Labute approximate surface area is 357 Å². The quantitative estimate of drug-likeness (QED) is 0.109. The molecular weight excluding hydrogens is 824 g/mol. The maximum Gasteiger partial charge on any atom is 0.203 e. The number of Topliss-reactive ketones (excluding diaryl/α,β-unsaturated/α-hetero) is 1. The van der Waals surface area contributed by atoms with Crippen molar-refractivity contribution in [1.82, 2.24) is 0 Å². The van der Waals surface area contributed by atoms with Crippen LogP contribution in [0.5, 0.6) is 0 Å². The van der Waals surface area contributed by atoms with Gasteiger partial charge in [-0.1, -0.05) is 31.1 Å². The van der Waals surface area contributed by atoms with E-state index in [4.69, 9.17) is 37.9 Å². The predicted molar refractivity (Wildman–Crippen MR) is 204 cm³/mol. The zero-order valence-corrected chi connectivity index (χ0v) is 34.8. The first-order valence-electron chi connectivity index (χ1n) is 22.0. The van der Waals surface area contributed by atoms with Crippen molar-refractivity contribution in [1.29, 1.82) is 0 Å². The van der Waals surface area contributed by atoms with Crippen LogP contribution < -0.4 is 0 Å². The lowest BCUT2D eigenvalue weighted by Crippen LogP contribution is -2.65. The molecule has 6 fully saturated rings. The van der Waals surface area contributed by atoms with Crippen molar-refractivity contribution >= 4 is 5.78 Å². The SMILES string of the molecule is C[C@@H]1O[C@@H](O[C@H]2[C@H](O[C@@H]3C[C@H](O)CC4=CC[C@H]5C6=C(CC[C@@H]5[C@]43C)[C@@H]3[C@@H](O[C@@]4(OC[C@H](C)[C@@H](O)[C@@H]4O)[C@H]3CO)C6=O)OC[C@H](O)[C@@H]2O[C@@H]2OC[C@@H](O)[C@H](O)[C@H]2O)[C@H](O)[C@H](O)[C@H]1O. The average Bonchev–Trinajstić information content (AvgIpc) is 3.72. The molecule has 0 amide bonds. The van der Waals surface area contributed by atoms with Gasteiger partial charge in [-0.25, -0.2) is 0 Å². The van der Waals surface area contributed by atoms with E-state index in [1.54, 1.807) is 6.92 Å². The first-order valence-corrected chi connectivity index (χ1v) is 22.0. The van der Waals surface area contributed by atoms with Crippen molar-refractivity contribution in [3.05, 3.63) is 22.8 Å². The fraction of sp³-hybridized carbons (Fsp3) is 0.881. The van der Waals surface area contributed by atoms with E-state index in [1.807, 2.05) is 13.0 Å². The highest BCUT2D eigenvalue weighted by Gasteiger charge is 2.69. The zero-order valence-electron chi connectivity index (χ0n) is 34.8. The normalized spacial score (nSPS) is 55.4. The Morgan fingerprint density at radius 3 is 2.23 bits per heavy atom. The molecular formula is C42H62O20. The number of ketones is 1. The van der Waals surface area contributed by atoms with E-state index in [2.05, 4.69) is 0 Å². The number of hydrogen-bond donors (Lipinski definition) is 11. The van der Waals surface area contributed by atoms with Crippen LogP contribution in [-0.4, -0.2) is 205 Å². The topological polar surface area (TPSA) is 313 Å². The van der Waals surface area contributed by atoms with Crippen LogP contribution in [0.4, 0.5) is 0 Å². The summed E-state index contributed by atoms with van der Waals surface area (Å²) in [6.07, 6.45) is -21.3. The molecule has 4 aliphatic carbocycles. The minimum atomic E-state index is -1.79. The molecule has 5 aliphatic heterocycles. The van der Waals surface area contributed by atoms with Crippen molar-refractivity contribution in [2.24, 2.45) is 35.0 Å². The van der Waals surface area contributed by atoms with Crippen LogP contribution in [-0.2, 0) is 42.7 Å². The summed E-state index contributed by atoms with van der Waals surface area (Å²) in [7, 11) is 0. The van der Waals surface area contributed by atoms with Crippen LogP contribution in [0.25, 0.3) is 0 Å². The van der Waals surface area contributed by atoms with Gasteiger partial charge in [-0.05, 0) is 44.4 Å². The van der Waals surface area contributed by atoms with Gasteiger partial charge in [0.25, 0.3) is 0 Å². The van der Waals surface area contributed by atoms with Gasteiger partial charge >= 0.3 is 0 Å². The molecule has 0 bridgehead atoms. The largest absolute Gasteiger partial charge is 0.396 e. The van der Waals surface area contributed by atoms with E-state index >= 15 is 0 Å². The van der Waals surface area contributed by atoms with Gasteiger partial charge in [-0.3, -0.25) is 4.79 Å². The smallest absolute Gasteiger partial charge is 0.203 e. The average molecular weight is 887 g/mol. The lowest BCUT2D eigenvalue weighted by Gasteiger charge is -2.56. The van der Waals surface area contributed by atoms with Crippen molar-refractivity contribution in [2.45, 2.75) is 169 Å². The van der Waals surface area contributed by atoms with Gasteiger partial charge in [0, 0.05) is 35.2 Å². The summed E-state index contributed by atoms with van der Waals surface area (Å²) in [5.41, 5.74) is 1.52. The summed E-state index contributed by atoms with van der Waals surface area (Å²) in [6.45, 7) is 4.02. The molecule has 20 heteroatoms. The lowest BCUT2D eigenvalue weighted by molar-refractivity contribution is -0.382. The Bertz CT molecular complexity index is 1750. The molecule has 0 unspecified atom stereocenters. The molecule has 0 aromatic carbocycles. The second-order valence-electron chi connectivity index (χ2n) is 19.2. The number of aliphatic hydroxyl groups is 11. The summed E-state index contributed by atoms with van der Waals surface area (Å²) in [5.74, 6) is -4.34. The minimum absolute atomic E-state index is 0.0720. The van der Waals surface area contributed by atoms with Crippen molar-refractivity contribution < 1.29 is 98.9 Å².